The highest BCUT2D eigenvalue weighted by Crippen LogP contribution is 2.25. The third-order valence-corrected chi connectivity index (χ3v) is 5.77. The van der Waals surface area contributed by atoms with E-state index in [-0.39, 0.29) is 15.1 Å². The Hall–Kier alpha value is -0.360. The number of hydrogen-bond acceptors (Lipinski definition) is 3. The van der Waals surface area contributed by atoms with Crippen LogP contribution in [0.15, 0.2) is 17.2 Å². The summed E-state index contributed by atoms with van der Waals surface area (Å²) in [5.74, 6) is 0. The minimum absolute atomic E-state index is 0.113. The van der Waals surface area contributed by atoms with Gasteiger partial charge in [-0.3, -0.25) is 0 Å². The summed E-state index contributed by atoms with van der Waals surface area (Å²) in [4.78, 5) is 3.92. The Balaban J connectivity index is 2.26. The first kappa shape index (κ1) is 15.0. The van der Waals surface area contributed by atoms with E-state index in [2.05, 4.69) is 4.98 Å². The highest BCUT2D eigenvalue weighted by Gasteiger charge is 2.25. The van der Waals surface area contributed by atoms with Crippen molar-refractivity contribution < 1.29 is 8.42 Å². The van der Waals surface area contributed by atoms with Crippen LogP contribution < -0.4 is 0 Å². The quantitative estimate of drug-likeness (QED) is 0.784. The van der Waals surface area contributed by atoms with Gasteiger partial charge >= 0.3 is 0 Å². The van der Waals surface area contributed by atoms with Gasteiger partial charge in [-0.15, -0.1) is 0 Å². The fraction of sp³-hybridized carbons (Fsp3) is 0.583. The molecule has 0 spiro atoms. The lowest BCUT2D eigenvalue weighted by Gasteiger charge is -2.24. The van der Waals surface area contributed by atoms with Crippen molar-refractivity contribution in [2.24, 2.45) is 0 Å². The van der Waals surface area contributed by atoms with Crippen molar-refractivity contribution in [1.29, 1.82) is 0 Å². The molecule has 0 unspecified atom stereocenters. The fourth-order valence-electron chi connectivity index (χ4n) is 2.15. The van der Waals surface area contributed by atoms with Crippen molar-refractivity contribution in [1.82, 2.24) is 9.29 Å². The largest absolute Gasteiger partial charge is 0.244 e. The van der Waals surface area contributed by atoms with Gasteiger partial charge in [-0.25, -0.2) is 13.4 Å². The molecule has 7 heteroatoms. The zero-order valence-electron chi connectivity index (χ0n) is 10.5. The third-order valence-electron chi connectivity index (χ3n) is 3.22. The summed E-state index contributed by atoms with van der Waals surface area (Å²) < 4.78 is 26.5. The number of pyridine rings is 1. The van der Waals surface area contributed by atoms with E-state index in [9.17, 15) is 8.42 Å². The molecule has 0 aromatic carbocycles. The molecule has 2 heterocycles. The highest BCUT2D eigenvalue weighted by molar-refractivity contribution is 7.89. The average Bonchev–Trinajstić information content (AvgIpc) is 2.31. The average molecular weight is 323 g/mol. The number of rotatable bonds is 2. The summed E-state index contributed by atoms with van der Waals surface area (Å²) >= 11 is 11.6. The first-order chi connectivity index (χ1) is 9.01. The summed E-state index contributed by atoms with van der Waals surface area (Å²) in [5, 5.41) is 0.281. The summed E-state index contributed by atoms with van der Waals surface area (Å²) in [5.41, 5.74) is 0. The van der Waals surface area contributed by atoms with Gasteiger partial charge in [0.15, 0.2) is 0 Å². The van der Waals surface area contributed by atoms with Gasteiger partial charge in [0, 0.05) is 19.3 Å². The van der Waals surface area contributed by atoms with E-state index >= 15 is 0 Å². The summed E-state index contributed by atoms with van der Waals surface area (Å²) in [7, 11) is -3.51. The van der Waals surface area contributed by atoms with Crippen LogP contribution in [-0.2, 0) is 10.0 Å². The smallest absolute Gasteiger partial charge is 0.242 e. The number of halogens is 2. The molecule has 1 aromatic rings. The van der Waals surface area contributed by atoms with Crippen LogP contribution >= 0.6 is 23.2 Å². The summed E-state index contributed by atoms with van der Waals surface area (Å²) in [6.07, 6.45) is 6.39. The van der Waals surface area contributed by atoms with Crippen molar-refractivity contribution in [3.63, 3.8) is 0 Å². The highest BCUT2D eigenvalue weighted by atomic mass is 35.5. The van der Waals surface area contributed by atoms with Crippen LogP contribution in [0.1, 0.15) is 32.1 Å². The molecule has 0 N–H and O–H groups in total. The first-order valence-corrected chi connectivity index (χ1v) is 8.52. The second kappa shape index (κ2) is 6.39. The van der Waals surface area contributed by atoms with Crippen LogP contribution in [0.25, 0.3) is 0 Å². The zero-order chi connectivity index (χ0) is 13.9. The van der Waals surface area contributed by atoms with Crippen molar-refractivity contribution >= 4 is 33.2 Å². The zero-order valence-corrected chi connectivity index (χ0v) is 12.8. The Labute approximate surface area is 123 Å². The number of hydrogen-bond donors (Lipinski definition) is 0. The maximum absolute atomic E-state index is 12.5. The second-order valence-electron chi connectivity index (χ2n) is 4.62. The molecule has 106 valence electrons. The standard InChI is InChI=1S/C12H16Cl2N2O2S/c13-11-8-10(9-15-12(11)14)19(17,18)16-6-4-2-1-3-5-7-16/h8-9H,1-7H2. The van der Waals surface area contributed by atoms with Gasteiger partial charge in [0.25, 0.3) is 0 Å². The Morgan fingerprint density at radius 2 is 1.63 bits per heavy atom. The Morgan fingerprint density at radius 1 is 1.05 bits per heavy atom. The Morgan fingerprint density at radius 3 is 2.21 bits per heavy atom. The van der Waals surface area contributed by atoms with Gasteiger partial charge in [-0.1, -0.05) is 42.5 Å². The molecule has 0 atom stereocenters. The molecule has 1 aliphatic rings. The lowest BCUT2D eigenvalue weighted by molar-refractivity contribution is 0.364. The van der Waals surface area contributed by atoms with Crippen LogP contribution in [0.2, 0.25) is 10.2 Å². The molecule has 19 heavy (non-hydrogen) atoms. The van der Waals surface area contributed by atoms with Crippen LogP contribution in [0.3, 0.4) is 0 Å². The molecule has 1 fully saturated rings. The SMILES string of the molecule is O=S(=O)(c1cnc(Cl)c(Cl)c1)N1CCCCCCC1. The lowest BCUT2D eigenvalue weighted by Crippen LogP contribution is -2.33. The number of nitrogens with zero attached hydrogens (tertiary/aromatic N) is 2. The van der Waals surface area contributed by atoms with E-state index in [1.54, 1.807) is 0 Å². The van der Waals surface area contributed by atoms with Crippen LogP contribution in [0.4, 0.5) is 0 Å². The normalized spacial score (nSPS) is 18.8. The molecule has 1 aromatic heterocycles. The van der Waals surface area contributed by atoms with Gasteiger partial charge in [0.05, 0.1) is 5.02 Å². The van der Waals surface area contributed by atoms with Crippen LogP contribution in [-0.4, -0.2) is 30.8 Å². The molecule has 2 rings (SSSR count). The van der Waals surface area contributed by atoms with Crippen molar-refractivity contribution in [2.45, 2.75) is 37.0 Å². The Kier molecular flexibility index (Phi) is 5.06. The van der Waals surface area contributed by atoms with Crippen molar-refractivity contribution in [2.75, 3.05) is 13.1 Å². The molecule has 0 amide bonds. The molecule has 0 bridgehead atoms. The van der Waals surface area contributed by atoms with E-state index in [0.29, 0.717) is 13.1 Å². The van der Waals surface area contributed by atoms with E-state index in [0.717, 1.165) is 25.7 Å². The monoisotopic (exact) mass is 322 g/mol. The topological polar surface area (TPSA) is 50.3 Å². The summed E-state index contributed by atoms with van der Waals surface area (Å²) in [6, 6.07) is 1.37. The molecular formula is C12H16Cl2N2O2S. The number of sulfonamides is 1. The van der Waals surface area contributed by atoms with Crippen LogP contribution in [0.5, 0.6) is 0 Å². The van der Waals surface area contributed by atoms with Gasteiger partial charge in [0.1, 0.15) is 10.0 Å². The first-order valence-electron chi connectivity index (χ1n) is 6.33. The van der Waals surface area contributed by atoms with Crippen molar-refractivity contribution in [3.05, 3.63) is 22.4 Å². The van der Waals surface area contributed by atoms with Gasteiger partial charge in [0.2, 0.25) is 10.0 Å². The van der Waals surface area contributed by atoms with Gasteiger partial charge < -0.3 is 0 Å². The van der Waals surface area contributed by atoms with Gasteiger partial charge in [-0.05, 0) is 18.9 Å². The van der Waals surface area contributed by atoms with E-state index < -0.39 is 10.0 Å². The minimum Gasteiger partial charge on any atom is -0.242 e. The van der Waals surface area contributed by atoms with E-state index in [1.807, 2.05) is 0 Å². The molecule has 0 aliphatic carbocycles. The molecule has 0 saturated carbocycles. The lowest BCUT2D eigenvalue weighted by atomic mass is 10.1. The van der Waals surface area contributed by atoms with E-state index in [1.165, 1.54) is 23.0 Å². The molecular weight excluding hydrogens is 307 g/mol. The van der Waals surface area contributed by atoms with E-state index in [4.69, 9.17) is 23.2 Å². The fourth-order valence-corrected chi connectivity index (χ4v) is 3.98. The maximum Gasteiger partial charge on any atom is 0.244 e. The maximum atomic E-state index is 12.5. The Bertz CT molecular complexity index is 541. The molecule has 4 nitrogen and oxygen atoms in total. The van der Waals surface area contributed by atoms with Crippen molar-refractivity contribution in [3.8, 4) is 0 Å². The number of aromatic nitrogens is 1. The summed E-state index contributed by atoms with van der Waals surface area (Å²) in [6.45, 7) is 1.12. The van der Waals surface area contributed by atoms with Crippen LogP contribution in [0, 0.1) is 0 Å². The third kappa shape index (κ3) is 3.60. The predicted octanol–water partition coefficient (Wildman–Crippen LogP) is 3.34. The second-order valence-corrected chi connectivity index (χ2v) is 7.32. The van der Waals surface area contributed by atoms with Gasteiger partial charge in [-0.2, -0.15) is 4.31 Å². The predicted molar refractivity (Wildman–Crippen MR) is 76.1 cm³/mol. The molecule has 1 aliphatic heterocycles. The molecule has 0 radical (unpaired) electrons. The molecule has 1 saturated heterocycles. The minimum atomic E-state index is -3.51.